The Morgan fingerprint density at radius 2 is 1.71 bits per heavy atom. The molecule has 0 unspecified atom stereocenters. The van der Waals surface area contributed by atoms with Gasteiger partial charge in [-0.05, 0) is 25.0 Å². The number of rotatable bonds is 6. The number of nitrogens with zero attached hydrogens (tertiary/aromatic N) is 1. The van der Waals surface area contributed by atoms with Crippen molar-refractivity contribution in [3.63, 3.8) is 0 Å². The van der Waals surface area contributed by atoms with Gasteiger partial charge in [0.25, 0.3) is 0 Å². The van der Waals surface area contributed by atoms with Crippen LogP contribution in [0.25, 0.3) is 0 Å². The van der Waals surface area contributed by atoms with Gasteiger partial charge in [0.2, 0.25) is 17.7 Å². The smallest absolute Gasteiger partial charge is 0.240 e. The Bertz CT molecular complexity index is 596. The monoisotopic (exact) mass is 346 g/mol. The maximum atomic E-state index is 12.3. The number of likely N-dealkylation sites (tertiary alicyclic amines) is 1. The van der Waals surface area contributed by atoms with Crippen molar-refractivity contribution in [1.29, 1.82) is 0 Å². The fraction of sp³-hybridized carbons (Fsp3) is 0.500. The van der Waals surface area contributed by atoms with Gasteiger partial charge < -0.3 is 5.32 Å². The highest BCUT2D eigenvalue weighted by Gasteiger charge is 2.48. The number of carbonyl (C=O) groups excluding carboxylic acids is 3. The van der Waals surface area contributed by atoms with Crippen molar-refractivity contribution in [2.45, 2.75) is 30.6 Å². The van der Waals surface area contributed by atoms with Crippen LogP contribution in [0.2, 0.25) is 0 Å². The average molecular weight is 346 g/mol. The Hall–Kier alpha value is -1.82. The van der Waals surface area contributed by atoms with Crippen LogP contribution >= 0.6 is 11.8 Å². The van der Waals surface area contributed by atoms with Crippen LogP contribution in [0.4, 0.5) is 0 Å². The first-order valence-electron chi connectivity index (χ1n) is 8.46. The number of amides is 3. The first-order chi connectivity index (χ1) is 11.7. The topological polar surface area (TPSA) is 66.5 Å². The third kappa shape index (κ3) is 3.80. The molecule has 1 saturated heterocycles. The average Bonchev–Trinajstić information content (AvgIpc) is 2.85. The number of hydrogen-bond donors (Lipinski definition) is 1. The van der Waals surface area contributed by atoms with E-state index in [0.717, 1.165) is 36.3 Å². The van der Waals surface area contributed by atoms with E-state index in [1.807, 2.05) is 30.3 Å². The van der Waals surface area contributed by atoms with Crippen LogP contribution in [0.5, 0.6) is 0 Å². The number of benzene rings is 1. The minimum absolute atomic E-state index is 0.138. The van der Waals surface area contributed by atoms with Crippen LogP contribution in [0.1, 0.15) is 25.7 Å². The Morgan fingerprint density at radius 1 is 1.08 bits per heavy atom. The highest BCUT2D eigenvalue weighted by atomic mass is 32.2. The van der Waals surface area contributed by atoms with Crippen molar-refractivity contribution in [3.8, 4) is 0 Å². The summed E-state index contributed by atoms with van der Waals surface area (Å²) in [5.74, 6) is -0.190. The lowest BCUT2D eigenvalue weighted by molar-refractivity contribution is -0.143. The van der Waals surface area contributed by atoms with Gasteiger partial charge in [-0.15, -0.1) is 11.8 Å². The molecule has 1 N–H and O–H groups in total. The summed E-state index contributed by atoms with van der Waals surface area (Å²) < 4.78 is 0. The highest BCUT2D eigenvalue weighted by molar-refractivity contribution is 7.99. The van der Waals surface area contributed by atoms with Gasteiger partial charge in [0, 0.05) is 17.2 Å². The summed E-state index contributed by atoms with van der Waals surface area (Å²) in [5.41, 5.74) is 0. The minimum Gasteiger partial charge on any atom is -0.354 e. The molecule has 3 amide bonds. The van der Waals surface area contributed by atoms with Gasteiger partial charge in [0.05, 0.1) is 11.8 Å². The predicted molar refractivity (Wildman–Crippen MR) is 92.3 cm³/mol. The molecule has 1 aromatic rings. The third-order valence-electron chi connectivity index (χ3n) is 4.67. The fourth-order valence-electron chi connectivity index (χ4n) is 3.46. The Labute approximate surface area is 146 Å². The molecule has 2 aliphatic rings. The van der Waals surface area contributed by atoms with E-state index in [1.54, 1.807) is 11.8 Å². The largest absolute Gasteiger partial charge is 0.354 e. The highest BCUT2D eigenvalue weighted by Crippen LogP contribution is 2.37. The molecule has 1 aromatic carbocycles. The summed E-state index contributed by atoms with van der Waals surface area (Å²) in [6.07, 6.45) is 3.55. The molecule has 128 valence electrons. The van der Waals surface area contributed by atoms with E-state index in [0.29, 0.717) is 6.54 Å². The van der Waals surface area contributed by atoms with Gasteiger partial charge in [0.1, 0.15) is 6.54 Å². The van der Waals surface area contributed by atoms with Crippen molar-refractivity contribution in [2.75, 3.05) is 18.8 Å². The molecular formula is C18H22N2O3S. The number of imide groups is 1. The zero-order chi connectivity index (χ0) is 16.9. The van der Waals surface area contributed by atoms with E-state index in [2.05, 4.69) is 5.32 Å². The molecule has 6 heteroatoms. The van der Waals surface area contributed by atoms with E-state index in [-0.39, 0.29) is 36.1 Å². The number of fused-ring (bicyclic) bond motifs is 1. The second-order valence-electron chi connectivity index (χ2n) is 6.27. The quantitative estimate of drug-likeness (QED) is 0.486. The molecule has 1 aliphatic carbocycles. The summed E-state index contributed by atoms with van der Waals surface area (Å²) in [7, 11) is 0. The summed E-state index contributed by atoms with van der Waals surface area (Å²) in [5, 5.41) is 2.80. The van der Waals surface area contributed by atoms with Gasteiger partial charge in [0.15, 0.2) is 0 Å². The van der Waals surface area contributed by atoms with E-state index < -0.39 is 0 Å². The van der Waals surface area contributed by atoms with Crippen LogP contribution in [-0.4, -0.2) is 41.5 Å². The molecule has 1 saturated carbocycles. The minimum atomic E-state index is -0.260. The van der Waals surface area contributed by atoms with Crippen LogP contribution in [0.3, 0.4) is 0 Å². The van der Waals surface area contributed by atoms with E-state index in [1.165, 1.54) is 4.90 Å². The Morgan fingerprint density at radius 3 is 2.33 bits per heavy atom. The van der Waals surface area contributed by atoms with Crippen molar-refractivity contribution < 1.29 is 14.4 Å². The third-order valence-corrected chi connectivity index (χ3v) is 5.68. The number of carbonyl (C=O) groups is 3. The standard InChI is InChI=1S/C18H22N2O3S/c21-16(19-10-11-24-13-6-2-1-3-7-13)12-20-17(22)14-8-4-5-9-15(14)18(20)23/h1-3,6-7,14-15H,4-5,8-12H2,(H,19,21)/t14-,15-/m1/s1. The SMILES string of the molecule is O=C(CN1C(=O)[C@@H]2CCCC[C@H]2C1=O)NCCSc1ccccc1. The molecule has 2 fully saturated rings. The summed E-state index contributed by atoms with van der Waals surface area (Å²) in [6.45, 7) is 0.377. The van der Waals surface area contributed by atoms with Crippen LogP contribution in [-0.2, 0) is 14.4 Å². The van der Waals surface area contributed by atoms with E-state index in [9.17, 15) is 14.4 Å². The predicted octanol–water partition coefficient (Wildman–Crippen LogP) is 2.07. The van der Waals surface area contributed by atoms with Crippen molar-refractivity contribution in [2.24, 2.45) is 11.8 Å². The van der Waals surface area contributed by atoms with Gasteiger partial charge in [-0.2, -0.15) is 0 Å². The zero-order valence-corrected chi connectivity index (χ0v) is 14.4. The number of thioether (sulfide) groups is 1. The first kappa shape index (κ1) is 17.0. The molecule has 0 spiro atoms. The zero-order valence-electron chi connectivity index (χ0n) is 13.6. The molecule has 1 heterocycles. The summed E-state index contributed by atoms with van der Waals surface area (Å²) in [4.78, 5) is 39.0. The molecule has 5 nitrogen and oxygen atoms in total. The lowest BCUT2D eigenvalue weighted by atomic mass is 9.81. The lowest BCUT2D eigenvalue weighted by Gasteiger charge is -2.19. The van der Waals surface area contributed by atoms with E-state index >= 15 is 0 Å². The van der Waals surface area contributed by atoms with Crippen LogP contribution in [0, 0.1) is 11.8 Å². The van der Waals surface area contributed by atoms with Crippen LogP contribution < -0.4 is 5.32 Å². The maximum Gasteiger partial charge on any atom is 0.240 e. The Kier molecular flexibility index (Phi) is 5.56. The number of nitrogens with one attached hydrogen (secondary N) is 1. The van der Waals surface area contributed by atoms with E-state index in [4.69, 9.17) is 0 Å². The molecule has 0 aromatic heterocycles. The van der Waals surface area contributed by atoms with Gasteiger partial charge in [-0.25, -0.2) is 0 Å². The molecule has 2 atom stereocenters. The lowest BCUT2D eigenvalue weighted by Crippen LogP contribution is -2.41. The van der Waals surface area contributed by atoms with Gasteiger partial charge >= 0.3 is 0 Å². The molecule has 24 heavy (non-hydrogen) atoms. The number of hydrogen-bond acceptors (Lipinski definition) is 4. The van der Waals surface area contributed by atoms with Crippen molar-refractivity contribution >= 4 is 29.5 Å². The van der Waals surface area contributed by atoms with Gasteiger partial charge in [-0.1, -0.05) is 31.0 Å². The second-order valence-corrected chi connectivity index (χ2v) is 7.44. The fourth-order valence-corrected chi connectivity index (χ4v) is 4.25. The molecule has 0 radical (unpaired) electrons. The first-order valence-corrected chi connectivity index (χ1v) is 9.45. The second kappa shape index (κ2) is 7.83. The Balaban J connectivity index is 1.43. The van der Waals surface area contributed by atoms with Crippen molar-refractivity contribution in [3.05, 3.63) is 30.3 Å². The summed E-state index contributed by atoms with van der Waals surface area (Å²) >= 11 is 1.66. The summed E-state index contributed by atoms with van der Waals surface area (Å²) in [6, 6.07) is 9.97. The normalized spacial score (nSPS) is 23.2. The molecule has 3 rings (SSSR count). The van der Waals surface area contributed by atoms with Gasteiger partial charge in [-0.3, -0.25) is 19.3 Å². The van der Waals surface area contributed by atoms with Crippen molar-refractivity contribution in [1.82, 2.24) is 10.2 Å². The molecular weight excluding hydrogens is 324 g/mol. The maximum absolute atomic E-state index is 12.3. The molecule has 0 bridgehead atoms. The van der Waals surface area contributed by atoms with Crippen LogP contribution in [0.15, 0.2) is 35.2 Å². The molecule has 1 aliphatic heterocycles.